The molecule has 0 heterocycles. The van der Waals surface area contributed by atoms with Crippen LogP contribution in [0.25, 0.3) is 0 Å². The molecule has 10 aliphatic rings. The van der Waals surface area contributed by atoms with Gasteiger partial charge in [-0.25, -0.2) is 79.0 Å². The lowest BCUT2D eigenvalue weighted by atomic mass is 9.16. The Labute approximate surface area is 388 Å². The van der Waals surface area contributed by atoms with Crippen LogP contribution < -0.4 is 0 Å². The smallest absolute Gasteiger partial charge is 0.232 e. The Morgan fingerprint density at radius 2 is 0.115 bits per heavy atom. The van der Waals surface area contributed by atoms with Crippen molar-refractivity contribution in [2.45, 2.75) is 185 Å². The van der Waals surface area contributed by atoms with Gasteiger partial charge < -0.3 is 0 Å². The van der Waals surface area contributed by atoms with Crippen molar-refractivity contribution in [1.82, 2.24) is 0 Å². The van der Waals surface area contributed by atoms with E-state index in [1.807, 2.05) is 0 Å². The zero-order valence-corrected chi connectivity index (χ0v) is 33.4. The molecule has 16 unspecified atom stereocenters. The van der Waals surface area contributed by atoms with Crippen molar-refractivity contribution >= 4 is 0 Å². The topological polar surface area (TPSA) is 0 Å². The molecule has 10 fully saturated rings. The summed E-state index contributed by atoms with van der Waals surface area (Å²) in [5.74, 6) is -156. The van der Waals surface area contributed by atoms with E-state index >= 15 is 202 Å². The SMILES string of the molecule is FC1(F)C(F)(F)C2(F)C(F)(F)C(F)(F)C3(F)C(F)(F)C4(F)C(F)(F)C(F)(F)C5(F)C(F)(F)C(F)(F)C6(F)C(F)(F)C(F)(F)C7(F)C(F)(F)C8(F)C(F)(F)C(F)(F)C1(F)C1(F)C2(F)C3(F)C2(F)C4(F)C5(F)C6(F)C7(F)C2(F)C81F. The molecule has 0 amide bonds. The lowest BCUT2D eigenvalue weighted by molar-refractivity contribution is -0.675. The van der Waals surface area contributed by atoms with Crippen LogP contribution in [-0.2, 0) is 0 Å². The maximum absolute atomic E-state index is 19.1. The molecule has 0 aromatic heterocycles. The van der Waals surface area contributed by atoms with Crippen LogP contribution in [0.1, 0.15) is 0 Å². The second-order valence-corrected chi connectivity index (χ2v) is 19.9. The van der Waals surface area contributed by atoms with Gasteiger partial charge in [0.25, 0.3) is 45.4 Å². The van der Waals surface area contributed by atoms with E-state index in [1.165, 1.54) is 0 Å². The molecule has 450 valence electrons. The average molecular weight is 1260 g/mol. The number of alkyl halides is 46. The molecule has 0 aliphatic heterocycles. The maximum atomic E-state index is 19.1. The predicted molar refractivity (Wildman–Crippen MR) is 138 cm³/mol. The Kier molecular flexibility index (Phi) is 8.15. The molecule has 0 aromatic carbocycles. The summed E-state index contributed by atoms with van der Waals surface area (Å²) in [4.78, 5) is 0. The minimum atomic E-state index is -12.6. The minimum absolute atomic E-state index is 10.9. The lowest BCUT2D eigenvalue weighted by Gasteiger charge is -2.90. The average Bonchev–Trinajstić information content (AvgIpc) is 3.28. The van der Waals surface area contributed by atoms with Gasteiger partial charge in [-0.3, -0.25) is 0 Å². The van der Waals surface area contributed by atoms with Gasteiger partial charge in [0.05, 0.1) is 0 Å². The van der Waals surface area contributed by atoms with E-state index in [0.717, 1.165) is 0 Å². The second-order valence-electron chi connectivity index (χ2n) is 19.9. The summed E-state index contributed by atoms with van der Waals surface area (Å²) in [6.07, 6.45) is 0. The number of hydrogen-bond donors (Lipinski definition) is 0. The van der Waals surface area contributed by atoms with Gasteiger partial charge >= 0.3 is 82.9 Å². The first-order valence-corrected chi connectivity index (χ1v) is 18.9. The fourth-order valence-corrected chi connectivity index (χ4v) is 15.2. The summed E-state index contributed by atoms with van der Waals surface area (Å²) >= 11 is 0. The molecular weight excluding hydrogens is 1260 g/mol. The van der Waals surface area contributed by atoms with Crippen LogP contribution in [-0.4, -0.2) is 185 Å². The van der Waals surface area contributed by atoms with E-state index in [9.17, 15) is 0 Å². The Bertz CT molecular complexity index is 2560. The van der Waals surface area contributed by atoms with Crippen molar-refractivity contribution in [3.05, 3.63) is 0 Å². The maximum Gasteiger partial charge on any atom is 0.356 e. The summed E-state index contributed by atoms with van der Waals surface area (Å²) in [7, 11) is 0. The Balaban J connectivity index is 1.76. The van der Waals surface area contributed by atoms with E-state index in [2.05, 4.69) is 0 Å². The monoisotopic (exact) mass is 1260 g/mol. The number of hydrogen-bond acceptors (Lipinski definition) is 0. The van der Waals surface area contributed by atoms with Gasteiger partial charge in [0.15, 0.2) is 0 Å². The molecular formula is C32F46. The third-order valence-corrected chi connectivity index (χ3v) is 18.3. The van der Waals surface area contributed by atoms with Crippen LogP contribution in [0.4, 0.5) is 202 Å². The summed E-state index contributed by atoms with van der Waals surface area (Å²) in [6.45, 7) is 0. The molecule has 10 aliphatic carbocycles. The molecule has 0 spiro atoms. The van der Waals surface area contributed by atoms with Crippen LogP contribution in [0, 0.1) is 0 Å². The van der Waals surface area contributed by atoms with Crippen molar-refractivity contribution in [2.24, 2.45) is 0 Å². The fraction of sp³-hybridized carbons (Fsp3) is 1.00. The van der Waals surface area contributed by atoms with E-state index in [-0.39, 0.29) is 0 Å². The van der Waals surface area contributed by atoms with E-state index in [1.54, 1.807) is 0 Å². The number of halogens is 46. The molecule has 10 rings (SSSR count). The molecule has 0 radical (unpaired) electrons. The molecule has 0 N–H and O–H groups in total. The van der Waals surface area contributed by atoms with Crippen LogP contribution in [0.5, 0.6) is 0 Å². The first kappa shape index (κ1) is 58.0. The van der Waals surface area contributed by atoms with Crippen molar-refractivity contribution < 1.29 is 202 Å². The Hall–Kier alpha value is -3.22. The highest BCUT2D eigenvalue weighted by molar-refractivity contribution is 5.76. The summed E-state index contributed by atoms with van der Waals surface area (Å²) in [6, 6.07) is 0. The zero-order chi connectivity index (χ0) is 62.0. The molecule has 0 saturated heterocycles. The quantitative estimate of drug-likeness (QED) is 0.212. The predicted octanol–water partition coefficient (Wildman–Crippen LogP) is 12.8. The highest BCUT2D eigenvalue weighted by Crippen LogP contribution is 3.04. The first-order chi connectivity index (χ1) is 33.2. The van der Waals surface area contributed by atoms with Crippen LogP contribution >= 0.6 is 0 Å². The molecule has 16 atom stereocenters. The minimum Gasteiger partial charge on any atom is -0.232 e. The van der Waals surface area contributed by atoms with Gasteiger partial charge in [-0.2, -0.15) is 123 Å². The van der Waals surface area contributed by atoms with E-state index in [4.69, 9.17) is 0 Å². The second kappa shape index (κ2) is 11.0. The third kappa shape index (κ3) is 2.80. The zero-order valence-electron chi connectivity index (χ0n) is 33.4. The summed E-state index contributed by atoms with van der Waals surface area (Å²) < 4.78 is 780. The standard InChI is InChI=1S/C32F46/c33-1-2(34)5(37)9(41)7(39)3(1,35)11(43)19(51,52)12(44)4(1,36)8(40)10(42)6(2,38)14(46,24(61,62)28(69,70)18(10,50)32(77,78)30(73,74)16(8,48)26(65,66)22(12,57)58)20(53,54)13(5,45)23(59,60)27(67,68)17(9,49)31(75,76)29(71,72)15(7,47)25(63,64)21(11,55)56. The van der Waals surface area contributed by atoms with Crippen molar-refractivity contribution in [1.29, 1.82) is 0 Å². The van der Waals surface area contributed by atoms with Gasteiger partial charge in [-0.15, -0.1) is 0 Å². The first-order valence-electron chi connectivity index (χ1n) is 18.9. The lowest BCUT2D eigenvalue weighted by Crippen LogP contribution is -3.26. The van der Waals surface area contributed by atoms with Crippen LogP contribution in [0.2, 0.25) is 0 Å². The van der Waals surface area contributed by atoms with Gasteiger partial charge in [0.2, 0.25) is 56.7 Å². The largest absolute Gasteiger partial charge is 0.356 e. The van der Waals surface area contributed by atoms with Crippen molar-refractivity contribution in [3.8, 4) is 0 Å². The highest BCUT2D eigenvalue weighted by atomic mass is 19.4. The molecule has 0 aromatic rings. The van der Waals surface area contributed by atoms with E-state index in [0.29, 0.717) is 0 Å². The molecule has 0 nitrogen and oxygen atoms in total. The van der Waals surface area contributed by atoms with E-state index < -0.39 is 185 Å². The van der Waals surface area contributed by atoms with Crippen molar-refractivity contribution in [3.63, 3.8) is 0 Å². The molecule has 46 heteroatoms. The fourth-order valence-electron chi connectivity index (χ4n) is 15.2. The summed E-state index contributed by atoms with van der Waals surface area (Å²) in [5.41, 5.74) is -216. The Morgan fingerprint density at radius 3 is 0.192 bits per heavy atom. The Morgan fingerprint density at radius 1 is 0.0641 bits per heavy atom. The summed E-state index contributed by atoms with van der Waals surface area (Å²) in [5, 5.41) is 0. The van der Waals surface area contributed by atoms with Gasteiger partial charge in [-0.1, -0.05) is 0 Å². The van der Waals surface area contributed by atoms with Gasteiger partial charge in [-0.05, 0) is 0 Å². The van der Waals surface area contributed by atoms with Crippen LogP contribution in [0.3, 0.4) is 0 Å². The molecule has 78 heavy (non-hydrogen) atoms. The highest BCUT2D eigenvalue weighted by Gasteiger charge is 3.39. The van der Waals surface area contributed by atoms with Crippen molar-refractivity contribution in [2.75, 3.05) is 0 Å². The third-order valence-electron chi connectivity index (χ3n) is 18.3. The normalized spacial score (nSPS) is 63.3. The van der Waals surface area contributed by atoms with Gasteiger partial charge in [0.1, 0.15) is 0 Å². The van der Waals surface area contributed by atoms with Crippen LogP contribution in [0.15, 0.2) is 0 Å². The molecule has 10 saturated carbocycles. The number of rotatable bonds is 0. The van der Waals surface area contributed by atoms with Gasteiger partial charge in [0, 0.05) is 0 Å². The molecule has 0 bridgehead atoms.